The maximum atomic E-state index is 17.2. The van der Waals surface area contributed by atoms with E-state index in [1.54, 1.807) is 13.8 Å². The Morgan fingerprint density at radius 3 is 2.56 bits per heavy atom. The van der Waals surface area contributed by atoms with Gasteiger partial charge in [-0.3, -0.25) is 19.2 Å². The number of esters is 2. The summed E-state index contributed by atoms with van der Waals surface area (Å²) in [5, 5.41) is 11.4. The number of ketones is 2. The van der Waals surface area contributed by atoms with Crippen LogP contribution in [0.25, 0.3) is 0 Å². The molecule has 0 aromatic carbocycles. The van der Waals surface area contributed by atoms with Crippen molar-refractivity contribution in [3.63, 3.8) is 0 Å². The molecule has 7 nitrogen and oxygen atoms in total. The Hall–Kier alpha value is -2.42. The first-order valence-electron chi connectivity index (χ1n) is 12.6. The first-order chi connectivity index (χ1) is 16.8. The SMILES string of the molecule is CCCC(=O)O[C@]1(C(=O)COC(C)=O)CC[C@H]2[C@@H]3C[C@H](F)C4=CC(=O)C=C[C@]4(C)[C@@]3(F)C(O)C[C@@]21C. The quantitative estimate of drug-likeness (QED) is 0.547. The summed E-state index contributed by atoms with van der Waals surface area (Å²) < 4.78 is 43.6. The zero-order valence-electron chi connectivity index (χ0n) is 21.1. The molecule has 198 valence electrons. The summed E-state index contributed by atoms with van der Waals surface area (Å²) in [4.78, 5) is 49.6. The molecule has 1 unspecified atom stereocenters. The van der Waals surface area contributed by atoms with E-state index in [9.17, 15) is 24.3 Å². The van der Waals surface area contributed by atoms with Gasteiger partial charge in [0.1, 0.15) is 6.17 Å². The lowest BCUT2D eigenvalue weighted by Crippen LogP contribution is -2.70. The van der Waals surface area contributed by atoms with Gasteiger partial charge in [-0.2, -0.15) is 0 Å². The predicted molar refractivity (Wildman–Crippen MR) is 124 cm³/mol. The molecular formula is C27H34F2O7. The molecule has 3 fully saturated rings. The molecule has 4 rings (SSSR count). The van der Waals surface area contributed by atoms with Crippen LogP contribution in [0.2, 0.25) is 0 Å². The summed E-state index contributed by atoms with van der Waals surface area (Å²) >= 11 is 0. The van der Waals surface area contributed by atoms with E-state index in [1.807, 2.05) is 0 Å². The fourth-order valence-corrected chi connectivity index (χ4v) is 7.61. The Balaban J connectivity index is 1.80. The number of allylic oxidation sites excluding steroid dienone is 4. The number of fused-ring (bicyclic) bond motifs is 5. The van der Waals surface area contributed by atoms with Gasteiger partial charge in [0.2, 0.25) is 5.78 Å². The molecule has 0 aromatic rings. The molecule has 0 aromatic heterocycles. The van der Waals surface area contributed by atoms with Crippen LogP contribution in [0.5, 0.6) is 0 Å². The molecule has 0 radical (unpaired) electrons. The van der Waals surface area contributed by atoms with Crippen LogP contribution in [0.1, 0.15) is 66.2 Å². The molecule has 0 aliphatic heterocycles. The zero-order chi connectivity index (χ0) is 26.7. The fraction of sp³-hybridized carbons (Fsp3) is 0.704. The summed E-state index contributed by atoms with van der Waals surface area (Å²) in [5.74, 6) is -3.96. The molecule has 8 atom stereocenters. The molecule has 1 N–H and O–H groups in total. The van der Waals surface area contributed by atoms with Crippen LogP contribution in [-0.4, -0.2) is 58.8 Å². The van der Waals surface area contributed by atoms with Crippen molar-refractivity contribution in [2.24, 2.45) is 22.7 Å². The van der Waals surface area contributed by atoms with Gasteiger partial charge in [0.25, 0.3) is 0 Å². The van der Waals surface area contributed by atoms with Crippen LogP contribution in [0.15, 0.2) is 23.8 Å². The number of rotatable bonds is 6. The number of halogens is 2. The highest BCUT2D eigenvalue weighted by molar-refractivity contribution is 6.01. The molecule has 0 bridgehead atoms. The Morgan fingerprint density at radius 2 is 1.92 bits per heavy atom. The number of Topliss-reactive ketones (excluding diaryl/α,β-unsaturated/α-hetero) is 1. The highest BCUT2D eigenvalue weighted by Gasteiger charge is 2.76. The molecule has 9 heteroatoms. The van der Waals surface area contributed by atoms with Crippen LogP contribution in [0, 0.1) is 22.7 Å². The van der Waals surface area contributed by atoms with Gasteiger partial charge in [-0.1, -0.05) is 19.9 Å². The number of ether oxygens (including phenoxy) is 2. The molecule has 36 heavy (non-hydrogen) atoms. The summed E-state index contributed by atoms with van der Waals surface area (Å²) in [6, 6.07) is 0. The highest BCUT2D eigenvalue weighted by Crippen LogP contribution is 2.70. The summed E-state index contributed by atoms with van der Waals surface area (Å²) in [7, 11) is 0. The van der Waals surface area contributed by atoms with Crippen molar-refractivity contribution in [3.05, 3.63) is 23.8 Å². The van der Waals surface area contributed by atoms with E-state index in [0.29, 0.717) is 6.42 Å². The number of hydrogen-bond donors (Lipinski definition) is 1. The van der Waals surface area contributed by atoms with Crippen molar-refractivity contribution in [2.45, 2.75) is 89.8 Å². The lowest BCUT2D eigenvalue weighted by Gasteiger charge is -2.63. The average Bonchev–Trinajstić information content (AvgIpc) is 3.08. The van der Waals surface area contributed by atoms with Gasteiger partial charge in [0.05, 0.1) is 6.10 Å². The molecular weight excluding hydrogens is 474 g/mol. The van der Waals surface area contributed by atoms with Crippen molar-refractivity contribution in [2.75, 3.05) is 6.61 Å². The van der Waals surface area contributed by atoms with Gasteiger partial charge < -0.3 is 14.6 Å². The van der Waals surface area contributed by atoms with Crippen molar-refractivity contribution >= 4 is 23.5 Å². The minimum Gasteiger partial charge on any atom is -0.458 e. The molecule has 0 saturated heterocycles. The van der Waals surface area contributed by atoms with Crippen molar-refractivity contribution in [1.82, 2.24) is 0 Å². The summed E-state index contributed by atoms with van der Waals surface area (Å²) in [5.41, 5.74) is -6.80. The normalized spacial score (nSPS) is 43.1. The predicted octanol–water partition coefficient (Wildman–Crippen LogP) is 3.52. The number of aliphatic hydroxyl groups excluding tert-OH is 1. The zero-order valence-corrected chi connectivity index (χ0v) is 21.1. The van der Waals surface area contributed by atoms with E-state index in [-0.39, 0.29) is 37.7 Å². The monoisotopic (exact) mass is 508 g/mol. The third kappa shape index (κ3) is 3.52. The van der Waals surface area contributed by atoms with Crippen molar-refractivity contribution in [1.29, 1.82) is 0 Å². The van der Waals surface area contributed by atoms with E-state index < -0.39 is 76.3 Å². The van der Waals surface area contributed by atoms with Crippen molar-refractivity contribution in [3.8, 4) is 0 Å². The highest BCUT2D eigenvalue weighted by atomic mass is 19.1. The van der Waals surface area contributed by atoms with E-state index >= 15 is 8.78 Å². The van der Waals surface area contributed by atoms with Crippen molar-refractivity contribution < 1.29 is 42.5 Å². The van der Waals surface area contributed by atoms with E-state index in [2.05, 4.69) is 0 Å². The van der Waals surface area contributed by atoms with E-state index in [4.69, 9.17) is 9.47 Å². The van der Waals surface area contributed by atoms with Gasteiger partial charge >= 0.3 is 11.9 Å². The first kappa shape index (κ1) is 26.6. The molecule has 4 aliphatic rings. The van der Waals surface area contributed by atoms with Crippen LogP contribution >= 0.6 is 0 Å². The fourth-order valence-electron chi connectivity index (χ4n) is 7.61. The van der Waals surface area contributed by atoms with Crippen LogP contribution < -0.4 is 0 Å². The van der Waals surface area contributed by atoms with Gasteiger partial charge in [-0.25, -0.2) is 8.78 Å². The van der Waals surface area contributed by atoms with Gasteiger partial charge in [-0.15, -0.1) is 0 Å². The number of carbonyl (C=O) groups is 4. The topological polar surface area (TPSA) is 107 Å². The first-order valence-corrected chi connectivity index (χ1v) is 12.6. The number of carbonyl (C=O) groups excluding carboxylic acids is 4. The number of hydrogen-bond acceptors (Lipinski definition) is 7. The lowest BCUT2D eigenvalue weighted by molar-refractivity contribution is -0.229. The standard InChI is InChI=1S/C27H34F2O7/c1-5-6-23(34)36-26(22(33)14-35-15(2)30)10-8-17-18-12-20(28)19-11-16(31)7-9-24(19,3)27(18,29)21(32)13-25(17,26)4/h7,9,11,17-18,20-21,32H,5-6,8,10,12-14H2,1-4H3/t17-,18-,20-,21?,24-,25-,26-,27-/m0/s1. The molecule has 3 saturated carbocycles. The van der Waals surface area contributed by atoms with Gasteiger partial charge in [-0.05, 0) is 62.7 Å². The minimum absolute atomic E-state index is 0.0148. The third-order valence-corrected chi connectivity index (χ3v) is 9.35. The number of aliphatic hydroxyl groups is 1. The second-order valence-electron chi connectivity index (χ2n) is 11.2. The number of alkyl halides is 2. The summed E-state index contributed by atoms with van der Waals surface area (Å²) in [6.45, 7) is 5.50. The Labute approximate surface area is 209 Å². The van der Waals surface area contributed by atoms with Gasteiger partial charge in [0.15, 0.2) is 23.7 Å². The second-order valence-corrected chi connectivity index (χ2v) is 11.2. The third-order valence-electron chi connectivity index (χ3n) is 9.35. The van der Waals surface area contributed by atoms with Crippen LogP contribution in [0.4, 0.5) is 8.78 Å². The Kier molecular flexibility index (Phi) is 6.55. The second kappa shape index (κ2) is 8.85. The molecule has 4 aliphatic carbocycles. The Morgan fingerprint density at radius 1 is 1.22 bits per heavy atom. The maximum Gasteiger partial charge on any atom is 0.306 e. The molecule has 0 amide bonds. The van der Waals surface area contributed by atoms with E-state index in [0.717, 1.165) is 13.0 Å². The molecule has 0 spiro atoms. The van der Waals surface area contributed by atoms with Crippen LogP contribution in [-0.2, 0) is 28.7 Å². The minimum atomic E-state index is -2.30. The largest absolute Gasteiger partial charge is 0.458 e. The Bertz CT molecular complexity index is 1050. The van der Waals surface area contributed by atoms with E-state index in [1.165, 1.54) is 19.1 Å². The maximum absolute atomic E-state index is 17.2. The lowest BCUT2D eigenvalue weighted by atomic mass is 9.44. The van der Waals surface area contributed by atoms with Crippen LogP contribution in [0.3, 0.4) is 0 Å². The average molecular weight is 509 g/mol. The van der Waals surface area contributed by atoms with Gasteiger partial charge in [0, 0.05) is 30.1 Å². The summed E-state index contributed by atoms with van der Waals surface area (Å²) in [6.07, 6.45) is 0.783. The molecule has 0 heterocycles. The smallest absolute Gasteiger partial charge is 0.306 e.